The van der Waals surface area contributed by atoms with Gasteiger partial charge < -0.3 is 53.1 Å². The number of carbonyl (C=O) groups is 1. The molecule has 50 heavy (non-hydrogen) atoms. The van der Waals surface area contributed by atoms with Gasteiger partial charge in [-0.3, -0.25) is 4.79 Å². The topological polar surface area (TPSA) is 141 Å². The lowest BCUT2D eigenvalue weighted by Crippen LogP contribution is -2.38. The van der Waals surface area contributed by atoms with Crippen LogP contribution in [-0.4, -0.2) is 66.9 Å². The molecule has 0 aliphatic carbocycles. The van der Waals surface area contributed by atoms with E-state index in [0.717, 1.165) is 11.3 Å². The fourth-order valence-electron chi connectivity index (χ4n) is 5.59. The molecule has 1 atom stereocenters. The zero-order valence-electron chi connectivity index (χ0n) is 28.4. The molecule has 0 radical (unpaired) electrons. The third-order valence-corrected chi connectivity index (χ3v) is 8.07. The van der Waals surface area contributed by atoms with Gasteiger partial charge >= 0.3 is 0 Å². The second-order valence-electron chi connectivity index (χ2n) is 10.9. The molecular weight excluding hydrogens is 646 g/mol. The number of hydrogen-bond acceptors (Lipinski definition) is 12. The van der Waals surface area contributed by atoms with Gasteiger partial charge in [-0.25, -0.2) is 0 Å². The highest BCUT2D eigenvalue weighted by Crippen LogP contribution is 2.44. The summed E-state index contributed by atoms with van der Waals surface area (Å²) in [7, 11) is 9.29. The van der Waals surface area contributed by atoms with E-state index >= 15 is 0 Å². The number of carbonyl (C=O) groups excluding carboxylic acids is 1. The van der Waals surface area contributed by atoms with Crippen molar-refractivity contribution in [3.63, 3.8) is 0 Å². The van der Waals surface area contributed by atoms with E-state index in [9.17, 15) is 4.79 Å². The van der Waals surface area contributed by atoms with Crippen molar-refractivity contribution in [1.82, 2.24) is 10.5 Å². The average Bonchev–Trinajstić information content (AvgIpc) is 3.66. The minimum atomic E-state index is -0.426. The monoisotopic (exact) mass is 683 g/mol. The van der Waals surface area contributed by atoms with E-state index in [0.29, 0.717) is 74.1 Å². The smallest absolute Gasteiger partial charge is 0.255 e. The lowest BCUT2D eigenvalue weighted by molar-refractivity contribution is 0.0935. The summed E-state index contributed by atoms with van der Waals surface area (Å²) >= 11 is 0. The number of para-hydroxylation sites is 1. The zero-order valence-corrected chi connectivity index (χ0v) is 28.4. The SMILES string of the molecule is COc1cc(C2NC(=O)c3ccccc3N2)ccc1OCCOc1c(OC)cc(-c2cc(-c3cc(OC)c(OC)c(OC)c3)no2)cc1OC. The van der Waals surface area contributed by atoms with Crippen LogP contribution in [0.1, 0.15) is 22.1 Å². The Morgan fingerprint density at radius 1 is 0.620 bits per heavy atom. The Morgan fingerprint density at radius 2 is 1.24 bits per heavy atom. The molecule has 0 spiro atoms. The van der Waals surface area contributed by atoms with Crippen molar-refractivity contribution >= 4 is 11.6 Å². The lowest BCUT2D eigenvalue weighted by Gasteiger charge is -2.28. The first-order valence-electron chi connectivity index (χ1n) is 15.5. The van der Waals surface area contributed by atoms with Crippen LogP contribution in [0.4, 0.5) is 5.69 Å². The van der Waals surface area contributed by atoms with E-state index in [2.05, 4.69) is 15.8 Å². The van der Waals surface area contributed by atoms with Crippen LogP contribution < -0.4 is 48.5 Å². The van der Waals surface area contributed by atoms with Crippen molar-refractivity contribution in [3.05, 3.63) is 83.9 Å². The number of rotatable bonds is 14. The van der Waals surface area contributed by atoms with Crippen LogP contribution in [0, 0.1) is 0 Å². The predicted molar refractivity (Wildman–Crippen MR) is 184 cm³/mol. The molecule has 260 valence electrons. The van der Waals surface area contributed by atoms with Crippen LogP contribution in [0.25, 0.3) is 22.6 Å². The van der Waals surface area contributed by atoms with Crippen LogP contribution in [-0.2, 0) is 0 Å². The Kier molecular flexibility index (Phi) is 10.0. The van der Waals surface area contributed by atoms with Gasteiger partial charge in [0.15, 0.2) is 40.3 Å². The van der Waals surface area contributed by atoms with E-state index in [1.165, 1.54) is 14.2 Å². The largest absolute Gasteiger partial charge is 0.493 e. The summed E-state index contributed by atoms with van der Waals surface area (Å²) in [4.78, 5) is 12.6. The highest BCUT2D eigenvalue weighted by atomic mass is 16.6. The van der Waals surface area contributed by atoms with Gasteiger partial charge in [0.25, 0.3) is 5.91 Å². The summed E-state index contributed by atoms with van der Waals surface area (Å²) in [5.74, 6) is 4.07. The number of anilines is 1. The maximum atomic E-state index is 12.6. The third-order valence-electron chi connectivity index (χ3n) is 8.07. The molecule has 0 fully saturated rings. The Balaban J connectivity index is 1.14. The normalized spacial score (nSPS) is 13.3. The second kappa shape index (κ2) is 14.9. The molecule has 1 aliphatic rings. The number of fused-ring (bicyclic) bond motifs is 1. The molecule has 2 N–H and O–H groups in total. The first-order valence-corrected chi connectivity index (χ1v) is 15.5. The first kappa shape index (κ1) is 33.7. The Labute approximate surface area is 288 Å². The van der Waals surface area contributed by atoms with Crippen molar-refractivity contribution < 1.29 is 47.2 Å². The molecule has 6 rings (SSSR count). The maximum Gasteiger partial charge on any atom is 0.255 e. The fraction of sp³-hybridized carbons (Fsp3) is 0.243. The molecule has 1 aromatic heterocycles. The molecule has 1 aliphatic heterocycles. The average molecular weight is 684 g/mol. The maximum absolute atomic E-state index is 12.6. The van der Waals surface area contributed by atoms with E-state index in [1.54, 1.807) is 70.9 Å². The van der Waals surface area contributed by atoms with Gasteiger partial charge in [0, 0.05) is 22.9 Å². The minimum Gasteiger partial charge on any atom is -0.493 e. The van der Waals surface area contributed by atoms with Gasteiger partial charge in [0.05, 0.1) is 48.2 Å². The number of amides is 1. The number of nitrogens with one attached hydrogen (secondary N) is 2. The van der Waals surface area contributed by atoms with Crippen molar-refractivity contribution in [3.8, 4) is 68.6 Å². The van der Waals surface area contributed by atoms with Gasteiger partial charge in [-0.05, 0) is 54.1 Å². The van der Waals surface area contributed by atoms with E-state index in [4.69, 9.17) is 42.4 Å². The molecule has 1 unspecified atom stereocenters. The third kappa shape index (κ3) is 6.70. The van der Waals surface area contributed by atoms with Gasteiger partial charge in [-0.15, -0.1) is 0 Å². The highest BCUT2D eigenvalue weighted by Gasteiger charge is 2.25. The number of hydrogen-bond donors (Lipinski definition) is 2. The van der Waals surface area contributed by atoms with Crippen LogP contribution >= 0.6 is 0 Å². The highest BCUT2D eigenvalue weighted by molar-refractivity contribution is 6.01. The van der Waals surface area contributed by atoms with Gasteiger partial charge in [0.2, 0.25) is 11.5 Å². The molecule has 1 amide bonds. The molecule has 0 bridgehead atoms. The van der Waals surface area contributed by atoms with Gasteiger partial charge in [-0.2, -0.15) is 0 Å². The molecule has 0 saturated carbocycles. The molecule has 5 aromatic rings. The zero-order chi connectivity index (χ0) is 35.2. The van der Waals surface area contributed by atoms with Crippen LogP contribution in [0.2, 0.25) is 0 Å². The molecule has 2 heterocycles. The number of aromatic nitrogens is 1. The van der Waals surface area contributed by atoms with E-state index < -0.39 is 6.17 Å². The molecule has 13 nitrogen and oxygen atoms in total. The summed E-state index contributed by atoms with van der Waals surface area (Å²) in [6.07, 6.45) is -0.426. The Bertz CT molecular complexity index is 1940. The second-order valence-corrected chi connectivity index (χ2v) is 10.9. The summed E-state index contributed by atoms with van der Waals surface area (Å²) in [6, 6.07) is 21.8. The minimum absolute atomic E-state index is 0.152. The summed E-state index contributed by atoms with van der Waals surface area (Å²) < 4.78 is 51.2. The number of nitrogens with zero attached hydrogens (tertiary/aromatic N) is 1. The van der Waals surface area contributed by atoms with Crippen molar-refractivity contribution in [2.24, 2.45) is 0 Å². The summed E-state index contributed by atoms with van der Waals surface area (Å²) in [5.41, 5.74) is 4.10. The summed E-state index contributed by atoms with van der Waals surface area (Å²) in [5, 5.41) is 10.6. The van der Waals surface area contributed by atoms with Crippen molar-refractivity contribution in [2.75, 3.05) is 61.2 Å². The Morgan fingerprint density at radius 3 is 1.90 bits per heavy atom. The van der Waals surface area contributed by atoms with E-state index in [-0.39, 0.29) is 19.1 Å². The quantitative estimate of drug-likeness (QED) is 0.126. The van der Waals surface area contributed by atoms with E-state index in [1.807, 2.05) is 30.3 Å². The van der Waals surface area contributed by atoms with Gasteiger partial charge in [-0.1, -0.05) is 23.4 Å². The predicted octanol–water partition coefficient (Wildman–Crippen LogP) is 6.37. The standard InChI is InChI=1S/C37H37N3O10/c1-42-29-15-21(36-38-25-10-8-7-9-24(25)37(41)39-36)11-12-27(29)48-13-14-49-35-32(45-4)18-23(19-33(35)46-5)28-20-26(40-50-28)22-16-30(43-2)34(47-6)31(17-22)44-3/h7-12,15-20,36,38H,13-14H2,1-6H3,(H,39,41). The van der Waals surface area contributed by atoms with Crippen LogP contribution in [0.15, 0.2) is 77.3 Å². The lowest BCUT2D eigenvalue weighted by atomic mass is 10.1. The summed E-state index contributed by atoms with van der Waals surface area (Å²) in [6.45, 7) is 0.359. The first-order chi connectivity index (χ1) is 24.4. The Hall–Kier alpha value is -6.24. The van der Waals surface area contributed by atoms with Crippen LogP contribution in [0.3, 0.4) is 0 Å². The van der Waals surface area contributed by atoms with Crippen molar-refractivity contribution in [2.45, 2.75) is 6.17 Å². The molecule has 4 aromatic carbocycles. The molecule has 0 saturated heterocycles. The van der Waals surface area contributed by atoms with Crippen LogP contribution in [0.5, 0.6) is 46.0 Å². The van der Waals surface area contributed by atoms with Crippen molar-refractivity contribution in [1.29, 1.82) is 0 Å². The van der Waals surface area contributed by atoms with Gasteiger partial charge in [0.1, 0.15) is 25.1 Å². The molecule has 13 heteroatoms. The fourth-order valence-corrected chi connectivity index (χ4v) is 5.59. The number of methoxy groups -OCH3 is 6. The number of ether oxygens (including phenoxy) is 8. The number of benzene rings is 4. The molecular formula is C37H37N3O10.